The van der Waals surface area contributed by atoms with Gasteiger partial charge in [0.1, 0.15) is 5.56 Å². The Morgan fingerprint density at radius 2 is 2.03 bits per heavy atom. The van der Waals surface area contributed by atoms with Gasteiger partial charge in [0, 0.05) is 37.0 Å². The summed E-state index contributed by atoms with van der Waals surface area (Å²) in [7, 11) is 0. The Balaban J connectivity index is 1.41. The first-order chi connectivity index (χ1) is 14.2. The number of hydrogen-bond donors (Lipinski definition) is 2. The van der Waals surface area contributed by atoms with E-state index in [4.69, 9.17) is 0 Å². The lowest BCUT2D eigenvalue weighted by molar-refractivity contribution is 0.0910. The summed E-state index contributed by atoms with van der Waals surface area (Å²) in [6, 6.07) is 6.69. The maximum atomic E-state index is 12.5. The maximum Gasteiger partial charge on any atom is 0.350 e. The molecule has 0 bridgehead atoms. The summed E-state index contributed by atoms with van der Waals surface area (Å²) in [5.74, 6) is -0.614. The minimum absolute atomic E-state index is 0.0715. The van der Waals surface area contributed by atoms with E-state index in [1.165, 1.54) is 15.1 Å². The van der Waals surface area contributed by atoms with E-state index < -0.39 is 11.5 Å². The minimum atomic E-state index is -0.543. The fourth-order valence-electron chi connectivity index (χ4n) is 3.84. The number of carbonyl (C=O) groups excluding carboxylic acids is 2. The predicted molar refractivity (Wildman–Crippen MR) is 110 cm³/mol. The number of rotatable bonds is 5. The third kappa shape index (κ3) is 3.70. The van der Waals surface area contributed by atoms with E-state index in [1.807, 2.05) is 13.8 Å². The molecule has 0 spiro atoms. The van der Waals surface area contributed by atoms with Gasteiger partial charge in [-0.2, -0.15) is 0 Å². The van der Waals surface area contributed by atoms with E-state index in [-0.39, 0.29) is 29.0 Å². The highest BCUT2D eigenvalue weighted by Crippen LogP contribution is 2.33. The topological polar surface area (TPSA) is 118 Å². The molecule has 0 aromatic carbocycles. The normalized spacial score (nSPS) is 15.2. The van der Waals surface area contributed by atoms with Crippen LogP contribution in [0.5, 0.6) is 0 Å². The maximum absolute atomic E-state index is 12.5. The van der Waals surface area contributed by atoms with Crippen LogP contribution >= 0.6 is 0 Å². The van der Waals surface area contributed by atoms with Crippen LogP contribution < -0.4 is 16.6 Å². The van der Waals surface area contributed by atoms with Crippen LogP contribution in [0, 0.1) is 5.41 Å². The monoisotopic (exact) mass is 409 g/mol. The second-order valence-electron chi connectivity index (χ2n) is 8.39. The predicted octanol–water partition coefficient (Wildman–Crippen LogP) is 1.16. The van der Waals surface area contributed by atoms with Gasteiger partial charge in [0.15, 0.2) is 11.4 Å². The molecule has 3 heterocycles. The lowest BCUT2D eigenvalue weighted by Crippen LogP contribution is -2.35. The van der Waals surface area contributed by atoms with Crippen LogP contribution in [0.1, 0.15) is 53.1 Å². The average molecular weight is 409 g/mol. The van der Waals surface area contributed by atoms with Gasteiger partial charge in [0.25, 0.3) is 11.5 Å². The highest BCUT2D eigenvalue weighted by molar-refractivity contribution is 6.02. The second kappa shape index (κ2) is 7.40. The van der Waals surface area contributed by atoms with Gasteiger partial charge < -0.3 is 10.3 Å². The van der Waals surface area contributed by atoms with Gasteiger partial charge in [-0.3, -0.25) is 18.8 Å². The molecule has 0 atom stereocenters. The SMILES string of the molecule is CC1(C)CC(=O)c2cc(C(=O)NCCCn3nc4ccccn4c3=O)c(=O)[nH]c2C1. The van der Waals surface area contributed by atoms with Crippen molar-refractivity contribution in [1.29, 1.82) is 0 Å². The van der Waals surface area contributed by atoms with Gasteiger partial charge in [-0.25, -0.2) is 9.48 Å². The highest BCUT2D eigenvalue weighted by atomic mass is 16.2. The van der Waals surface area contributed by atoms with Crippen molar-refractivity contribution in [3.8, 4) is 0 Å². The zero-order chi connectivity index (χ0) is 21.5. The second-order valence-corrected chi connectivity index (χ2v) is 8.39. The Morgan fingerprint density at radius 1 is 1.23 bits per heavy atom. The van der Waals surface area contributed by atoms with Crippen LogP contribution in [-0.2, 0) is 13.0 Å². The van der Waals surface area contributed by atoms with Crippen LogP contribution in [0.4, 0.5) is 0 Å². The van der Waals surface area contributed by atoms with Gasteiger partial charge in [0.2, 0.25) is 0 Å². The number of amides is 1. The number of hydrogen-bond acceptors (Lipinski definition) is 5. The van der Waals surface area contributed by atoms with Crippen molar-refractivity contribution < 1.29 is 9.59 Å². The molecular formula is C21H23N5O4. The van der Waals surface area contributed by atoms with Crippen molar-refractivity contribution in [3.05, 3.63) is 68.1 Å². The van der Waals surface area contributed by atoms with E-state index >= 15 is 0 Å². The number of aryl methyl sites for hydroxylation is 1. The van der Waals surface area contributed by atoms with E-state index in [1.54, 1.807) is 24.4 Å². The van der Waals surface area contributed by atoms with Crippen LogP contribution in [-0.4, -0.2) is 37.4 Å². The van der Waals surface area contributed by atoms with Crippen molar-refractivity contribution in [2.75, 3.05) is 6.54 Å². The molecule has 2 N–H and O–H groups in total. The standard InChI is InChI=1S/C21H23N5O4/c1-21(2)11-15-13(16(27)12-21)10-14(19(29)23-15)18(28)22-7-5-9-26-20(30)25-8-4-3-6-17(25)24-26/h3-4,6,8,10H,5,7,9,11-12H2,1-2H3,(H,22,28)(H,23,29). The third-order valence-corrected chi connectivity index (χ3v) is 5.28. The number of aromatic amines is 1. The molecule has 3 aromatic heterocycles. The first kappa shape index (κ1) is 19.8. The quantitative estimate of drug-likeness (QED) is 0.613. The first-order valence-corrected chi connectivity index (χ1v) is 9.87. The molecule has 3 aromatic rings. The Bertz CT molecular complexity index is 1260. The Labute approximate surface area is 171 Å². The minimum Gasteiger partial charge on any atom is -0.352 e. The summed E-state index contributed by atoms with van der Waals surface area (Å²) in [6.45, 7) is 4.54. The summed E-state index contributed by atoms with van der Waals surface area (Å²) < 4.78 is 2.79. The highest BCUT2D eigenvalue weighted by Gasteiger charge is 2.32. The van der Waals surface area contributed by atoms with Crippen LogP contribution in [0.3, 0.4) is 0 Å². The number of aromatic nitrogens is 4. The number of nitrogens with zero attached hydrogens (tertiary/aromatic N) is 3. The summed E-state index contributed by atoms with van der Waals surface area (Å²) in [5, 5.41) is 6.91. The summed E-state index contributed by atoms with van der Waals surface area (Å²) in [6.07, 6.45) is 3.07. The van der Waals surface area contributed by atoms with E-state index in [0.717, 1.165) is 0 Å². The van der Waals surface area contributed by atoms with Crippen molar-refractivity contribution >= 4 is 17.3 Å². The zero-order valence-corrected chi connectivity index (χ0v) is 16.9. The molecule has 0 fully saturated rings. The number of ketones is 1. The molecule has 1 aliphatic carbocycles. The lowest BCUT2D eigenvalue weighted by atomic mass is 9.75. The lowest BCUT2D eigenvalue weighted by Gasteiger charge is -2.29. The smallest absolute Gasteiger partial charge is 0.350 e. The molecule has 0 unspecified atom stereocenters. The number of pyridine rings is 2. The molecule has 156 valence electrons. The Morgan fingerprint density at radius 3 is 2.80 bits per heavy atom. The molecule has 1 aliphatic rings. The molecule has 0 radical (unpaired) electrons. The summed E-state index contributed by atoms with van der Waals surface area (Å²) in [5.41, 5.74) is 0.510. The molecule has 4 rings (SSSR count). The van der Waals surface area contributed by atoms with E-state index in [0.29, 0.717) is 42.7 Å². The summed E-state index contributed by atoms with van der Waals surface area (Å²) in [4.78, 5) is 52.2. The van der Waals surface area contributed by atoms with Gasteiger partial charge in [-0.05, 0) is 36.5 Å². The molecule has 1 amide bonds. The van der Waals surface area contributed by atoms with Crippen molar-refractivity contribution in [3.63, 3.8) is 0 Å². The first-order valence-electron chi connectivity index (χ1n) is 9.87. The summed E-state index contributed by atoms with van der Waals surface area (Å²) >= 11 is 0. The molecule has 0 aliphatic heterocycles. The Kier molecular flexibility index (Phi) is 4.89. The number of fused-ring (bicyclic) bond motifs is 2. The molecule has 9 heteroatoms. The van der Waals surface area contributed by atoms with E-state index in [2.05, 4.69) is 15.4 Å². The number of carbonyl (C=O) groups is 2. The number of nitrogens with one attached hydrogen (secondary N) is 2. The zero-order valence-electron chi connectivity index (χ0n) is 16.9. The van der Waals surface area contributed by atoms with Gasteiger partial charge in [0.05, 0.1) is 0 Å². The molecular weight excluding hydrogens is 386 g/mol. The number of H-pyrrole nitrogens is 1. The van der Waals surface area contributed by atoms with Crippen LogP contribution in [0.2, 0.25) is 0 Å². The van der Waals surface area contributed by atoms with Crippen LogP contribution in [0.25, 0.3) is 5.65 Å². The molecule has 9 nitrogen and oxygen atoms in total. The number of Topliss-reactive ketones (excluding diaryl/α,β-unsaturated/α-hetero) is 1. The van der Waals surface area contributed by atoms with Gasteiger partial charge >= 0.3 is 5.69 Å². The molecule has 0 saturated heterocycles. The molecule has 0 saturated carbocycles. The largest absolute Gasteiger partial charge is 0.352 e. The van der Waals surface area contributed by atoms with Crippen LogP contribution in [0.15, 0.2) is 40.1 Å². The fraction of sp³-hybridized carbons (Fsp3) is 0.381. The van der Waals surface area contributed by atoms with E-state index in [9.17, 15) is 19.2 Å². The van der Waals surface area contributed by atoms with Crippen molar-refractivity contribution in [1.82, 2.24) is 24.5 Å². The van der Waals surface area contributed by atoms with Gasteiger partial charge in [-0.15, -0.1) is 5.10 Å². The van der Waals surface area contributed by atoms with Crippen molar-refractivity contribution in [2.45, 2.75) is 39.7 Å². The Hall–Kier alpha value is -3.49. The van der Waals surface area contributed by atoms with Crippen molar-refractivity contribution in [2.24, 2.45) is 5.41 Å². The fourth-order valence-corrected chi connectivity index (χ4v) is 3.84. The van der Waals surface area contributed by atoms with Gasteiger partial charge in [-0.1, -0.05) is 19.9 Å². The third-order valence-electron chi connectivity index (χ3n) is 5.28. The average Bonchev–Trinajstić information content (AvgIpc) is 2.99. The molecule has 30 heavy (non-hydrogen) atoms.